The Morgan fingerprint density at radius 3 is 1.68 bits per heavy atom. The van der Waals surface area contributed by atoms with Crippen molar-refractivity contribution in [1.29, 1.82) is 0 Å². The molecule has 0 bridgehead atoms. The summed E-state index contributed by atoms with van der Waals surface area (Å²) in [6.45, 7) is 0. The van der Waals surface area contributed by atoms with E-state index in [1.165, 1.54) is 88.0 Å². The van der Waals surface area contributed by atoms with E-state index in [1.54, 1.807) is 0 Å². The second-order valence-corrected chi connectivity index (χ2v) is 12.7. The topological polar surface area (TPSA) is 12.9 Å². The number of aromatic nitrogens is 1. The molecule has 0 atom stereocenters. The first-order chi connectivity index (χ1) is 23.3. The van der Waals surface area contributed by atoms with Crippen LogP contribution in [0.1, 0.15) is 11.1 Å². The number of hydrogen-bond donors (Lipinski definition) is 0. The Morgan fingerprint density at radius 1 is 0.362 bits per heavy atom. The number of hydrogen-bond acceptors (Lipinski definition) is 1. The van der Waals surface area contributed by atoms with Gasteiger partial charge in [0.1, 0.15) is 0 Å². The summed E-state index contributed by atoms with van der Waals surface area (Å²) in [7, 11) is 0. The molecule has 1 aliphatic carbocycles. The quantitative estimate of drug-likeness (QED) is 0.184. The van der Waals surface area contributed by atoms with Crippen molar-refractivity contribution in [3.05, 3.63) is 175 Å². The largest absolute Gasteiger partial charge is 0.256 e. The van der Waals surface area contributed by atoms with Gasteiger partial charge in [0.05, 0.1) is 5.69 Å². The van der Waals surface area contributed by atoms with Gasteiger partial charge in [-0.15, -0.1) is 0 Å². The summed E-state index contributed by atoms with van der Waals surface area (Å²) in [6, 6.07) is 58.1. The van der Waals surface area contributed by atoms with E-state index in [4.69, 9.17) is 0 Å². The van der Waals surface area contributed by atoms with Crippen LogP contribution < -0.4 is 0 Å². The Labute approximate surface area is 273 Å². The molecule has 0 aliphatic heterocycles. The first kappa shape index (κ1) is 26.2. The first-order valence-corrected chi connectivity index (χ1v) is 16.3. The van der Waals surface area contributed by atoms with E-state index in [9.17, 15) is 0 Å². The Balaban J connectivity index is 1.12. The maximum Gasteiger partial charge on any atom is 0.0701 e. The van der Waals surface area contributed by atoms with Gasteiger partial charge in [-0.1, -0.05) is 140 Å². The minimum absolute atomic E-state index is 0.989. The van der Waals surface area contributed by atoms with E-state index >= 15 is 0 Å². The Morgan fingerprint density at radius 2 is 0.979 bits per heavy atom. The van der Waals surface area contributed by atoms with Gasteiger partial charge < -0.3 is 0 Å². The summed E-state index contributed by atoms with van der Waals surface area (Å²) < 4.78 is 0. The molecule has 0 saturated carbocycles. The molecule has 1 heteroatoms. The minimum Gasteiger partial charge on any atom is -0.256 e. The van der Waals surface area contributed by atoms with Crippen LogP contribution in [0.4, 0.5) is 0 Å². The third kappa shape index (κ3) is 4.14. The first-order valence-electron chi connectivity index (χ1n) is 16.3. The fourth-order valence-electron chi connectivity index (χ4n) is 7.83. The predicted molar refractivity (Wildman–Crippen MR) is 198 cm³/mol. The van der Waals surface area contributed by atoms with Gasteiger partial charge in [-0.25, -0.2) is 0 Å². The van der Waals surface area contributed by atoms with Crippen LogP contribution in [-0.4, -0.2) is 4.98 Å². The maximum absolute atomic E-state index is 4.57. The molecule has 8 aromatic carbocycles. The summed E-state index contributed by atoms with van der Waals surface area (Å²) in [5.41, 5.74) is 15.2. The van der Waals surface area contributed by atoms with Crippen LogP contribution >= 0.6 is 0 Å². The zero-order valence-electron chi connectivity index (χ0n) is 25.7. The van der Waals surface area contributed by atoms with Crippen molar-refractivity contribution >= 4 is 32.3 Å². The number of benzene rings is 8. The zero-order valence-corrected chi connectivity index (χ0v) is 25.7. The van der Waals surface area contributed by atoms with Gasteiger partial charge in [-0.05, 0) is 113 Å². The standard InChI is InChI=1S/C46H29N/c1-2-9-38-36(6-1)27-37-26-35(21-22-39(37)38)29-11-13-30(14-12-29)42-28-43(31-15-17-32(18-16-31)44-10-3-4-25-47-44)41-24-20-34-8-5-7-33-19-23-40(42)46(41)45(33)34/h1-26,28H,27H2. The SMILES string of the molecule is c1ccc(-c2ccc(-c3cc(-c4ccc(-c5ccc6c(c5)Cc5ccccc5-6)cc4)c4ccc5cccc6ccc3c4c56)cc2)nc1. The fourth-order valence-corrected chi connectivity index (χ4v) is 7.83. The monoisotopic (exact) mass is 595 g/mol. The van der Waals surface area contributed by atoms with Gasteiger partial charge in [0.15, 0.2) is 0 Å². The lowest BCUT2D eigenvalue weighted by atomic mass is 9.85. The third-order valence-electron chi connectivity index (χ3n) is 10.1. The highest BCUT2D eigenvalue weighted by Gasteiger charge is 2.19. The molecule has 0 radical (unpaired) electrons. The highest BCUT2D eigenvalue weighted by Crippen LogP contribution is 2.45. The lowest BCUT2D eigenvalue weighted by Crippen LogP contribution is -1.91. The molecule has 1 nitrogen and oxygen atoms in total. The van der Waals surface area contributed by atoms with Crippen LogP contribution in [0.3, 0.4) is 0 Å². The molecule has 0 spiro atoms. The Bertz CT molecular complexity index is 2600. The molecule has 0 N–H and O–H groups in total. The highest BCUT2D eigenvalue weighted by atomic mass is 14.7. The molecule has 0 amide bonds. The fraction of sp³-hybridized carbons (Fsp3) is 0.0217. The summed E-state index contributed by atoms with van der Waals surface area (Å²) in [5.74, 6) is 0. The van der Waals surface area contributed by atoms with Crippen LogP contribution in [-0.2, 0) is 6.42 Å². The van der Waals surface area contributed by atoms with Crippen molar-refractivity contribution in [2.75, 3.05) is 0 Å². The molecule has 0 unspecified atom stereocenters. The van der Waals surface area contributed by atoms with Crippen molar-refractivity contribution < 1.29 is 0 Å². The molecular formula is C46H29N. The van der Waals surface area contributed by atoms with E-state index in [0.29, 0.717) is 0 Å². The Hall–Kier alpha value is -6.05. The van der Waals surface area contributed by atoms with E-state index < -0.39 is 0 Å². The van der Waals surface area contributed by atoms with Gasteiger partial charge in [0.25, 0.3) is 0 Å². The molecule has 1 aliphatic rings. The van der Waals surface area contributed by atoms with Crippen LogP contribution in [0.25, 0.3) is 88.1 Å². The average molecular weight is 596 g/mol. The van der Waals surface area contributed by atoms with Gasteiger partial charge in [-0.2, -0.15) is 0 Å². The van der Waals surface area contributed by atoms with Gasteiger partial charge in [0.2, 0.25) is 0 Å². The third-order valence-corrected chi connectivity index (χ3v) is 10.1. The van der Waals surface area contributed by atoms with Crippen LogP contribution in [0.5, 0.6) is 0 Å². The van der Waals surface area contributed by atoms with Crippen molar-refractivity contribution in [2.24, 2.45) is 0 Å². The second-order valence-electron chi connectivity index (χ2n) is 12.7. The van der Waals surface area contributed by atoms with Gasteiger partial charge in [-0.3, -0.25) is 4.98 Å². The molecule has 10 rings (SSSR count). The summed E-state index contributed by atoms with van der Waals surface area (Å²) in [6.07, 6.45) is 2.86. The molecule has 0 saturated heterocycles. The number of nitrogens with zero attached hydrogens (tertiary/aromatic N) is 1. The van der Waals surface area contributed by atoms with E-state index in [-0.39, 0.29) is 0 Å². The van der Waals surface area contributed by atoms with E-state index in [1.807, 2.05) is 18.3 Å². The van der Waals surface area contributed by atoms with Crippen molar-refractivity contribution in [3.8, 4) is 55.8 Å². The lowest BCUT2D eigenvalue weighted by Gasteiger charge is -2.18. The van der Waals surface area contributed by atoms with Crippen LogP contribution in [0.2, 0.25) is 0 Å². The minimum atomic E-state index is 0.989. The van der Waals surface area contributed by atoms with Crippen molar-refractivity contribution in [1.82, 2.24) is 4.98 Å². The smallest absolute Gasteiger partial charge is 0.0701 e. The van der Waals surface area contributed by atoms with E-state index in [2.05, 4.69) is 151 Å². The average Bonchev–Trinajstić information content (AvgIpc) is 3.52. The second kappa shape index (κ2) is 10.2. The van der Waals surface area contributed by atoms with Crippen LogP contribution in [0, 0.1) is 0 Å². The van der Waals surface area contributed by atoms with E-state index in [0.717, 1.165) is 17.7 Å². The maximum atomic E-state index is 4.57. The zero-order chi connectivity index (χ0) is 30.9. The molecule has 0 fully saturated rings. The van der Waals surface area contributed by atoms with Crippen molar-refractivity contribution in [3.63, 3.8) is 0 Å². The summed E-state index contributed by atoms with van der Waals surface area (Å²) in [5, 5.41) is 7.82. The molecule has 47 heavy (non-hydrogen) atoms. The molecule has 1 aromatic heterocycles. The van der Waals surface area contributed by atoms with Gasteiger partial charge in [0, 0.05) is 11.8 Å². The molecule has 1 heterocycles. The number of rotatable bonds is 4. The van der Waals surface area contributed by atoms with Gasteiger partial charge >= 0.3 is 0 Å². The number of fused-ring (bicyclic) bond motifs is 3. The molecule has 218 valence electrons. The summed E-state index contributed by atoms with van der Waals surface area (Å²) >= 11 is 0. The predicted octanol–water partition coefficient (Wildman–Crippen LogP) is 12.2. The highest BCUT2D eigenvalue weighted by molar-refractivity contribution is 6.28. The van der Waals surface area contributed by atoms with Crippen molar-refractivity contribution in [2.45, 2.75) is 6.42 Å². The summed E-state index contributed by atoms with van der Waals surface area (Å²) in [4.78, 5) is 4.57. The molecule has 9 aromatic rings. The van der Waals surface area contributed by atoms with Crippen LogP contribution in [0.15, 0.2) is 164 Å². The lowest BCUT2D eigenvalue weighted by molar-refractivity contribution is 1.26. The number of pyridine rings is 1. The Kier molecular flexibility index (Phi) is 5.70. The molecular weight excluding hydrogens is 567 g/mol. The normalized spacial score (nSPS) is 12.2.